The van der Waals surface area contributed by atoms with Crippen molar-refractivity contribution in [2.24, 2.45) is 11.3 Å². The second kappa shape index (κ2) is 9.67. The monoisotopic (exact) mass is 463 g/mol. The number of hydrogen-bond donors (Lipinski definition) is 0. The Balaban J connectivity index is 1.28. The highest BCUT2D eigenvalue weighted by Gasteiger charge is 2.58. The number of methoxy groups -OCH3 is 1. The Hall–Kier alpha value is -2.68. The topological polar surface area (TPSA) is 64.6 Å². The van der Waals surface area contributed by atoms with Gasteiger partial charge in [0.2, 0.25) is 0 Å². The van der Waals surface area contributed by atoms with Crippen molar-refractivity contribution in [2.45, 2.75) is 38.3 Å². The van der Waals surface area contributed by atoms with Crippen LogP contribution in [0.3, 0.4) is 0 Å². The van der Waals surface area contributed by atoms with Gasteiger partial charge >= 0.3 is 18.2 Å². The molecule has 0 unspecified atom stereocenters. The molecule has 1 aromatic heterocycles. The van der Waals surface area contributed by atoms with Gasteiger partial charge in [0.1, 0.15) is 0 Å². The maximum atomic E-state index is 13.4. The second-order valence-corrected chi connectivity index (χ2v) is 8.95. The lowest BCUT2D eigenvalue weighted by molar-refractivity contribution is -0.256. The Kier molecular flexibility index (Phi) is 6.88. The minimum absolute atomic E-state index is 0.113. The summed E-state index contributed by atoms with van der Waals surface area (Å²) in [6, 6.07) is 7.29. The molecule has 1 aliphatic carbocycles. The standard InChI is InChI=1S/C24H28F3N3O3/c1-32-21(31)20-6-3-2-5-19(20)18-13-28-22(29-14-18)33-15-17-7-11-30(12-8-17)16-23(9-4-10-23)24(25,26)27/h2-3,5-6,13-14,17H,4,7-12,15-16H2,1H3. The number of halogens is 3. The first-order valence-electron chi connectivity index (χ1n) is 11.2. The molecule has 0 bridgehead atoms. The SMILES string of the molecule is COC(=O)c1ccccc1-c1cnc(OCC2CCN(CC3(C(F)(F)F)CCC3)CC2)nc1. The van der Waals surface area contributed by atoms with Crippen molar-refractivity contribution in [2.75, 3.05) is 33.4 Å². The molecule has 6 nitrogen and oxygen atoms in total. The van der Waals surface area contributed by atoms with Crippen LogP contribution in [-0.2, 0) is 4.74 Å². The molecule has 2 aliphatic rings. The molecule has 4 rings (SSSR count). The number of esters is 1. The van der Waals surface area contributed by atoms with Crippen molar-refractivity contribution in [1.82, 2.24) is 14.9 Å². The number of alkyl halides is 3. The molecular formula is C24H28F3N3O3. The Morgan fingerprint density at radius 2 is 1.82 bits per heavy atom. The van der Waals surface area contributed by atoms with Crippen molar-refractivity contribution in [3.63, 3.8) is 0 Å². The number of hydrogen-bond acceptors (Lipinski definition) is 6. The average molecular weight is 464 g/mol. The largest absolute Gasteiger partial charge is 0.465 e. The number of rotatable bonds is 7. The summed E-state index contributed by atoms with van der Waals surface area (Å²) in [5.41, 5.74) is 0.272. The van der Waals surface area contributed by atoms with Crippen molar-refractivity contribution < 1.29 is 27.4 Å². The fourth-order valence-electron chi connectivity index (χ4n) is 4.62. The highest BCUT2D eigenvalue weighted by atomic mass is 19.4. The van der Waals surface area contributed by atoms with Crippen LogP contribution in [0.15, 0.2) is 36.7 Å². The van der Waals surface area contributed by atoms with Gasteiger partial charge in [-0.25, -0.2) is 14.8 Å². The van der Waals surface area contributed by atoms with Gasteiger partial charge in [0, 0.05) is 24.5 Å². The van der Waals surface area contributed by atoms with Crippen molar-refractivity contribution >= 4 is 5.97 Å². The summed E-state index contributed by atoms with van der Waals surface area (Å²) in [4.78, 5) is 22.4. The van der Waals surface area contributed by atoms with Crippen LogP contribution in [0.1, 0.15) is 42.5 Å². The lowest BCUT2D eigenvalue weighted by Gasteiger charge is -2.47. The number of carbonyl (C=O) groups is 1. The zero-order valence-electron chi connectivity index (χ0n) is 18.6. The van der Waals surface area contributed by atoms with E-state index in [1.165, 1.54) is 7.11 Å². The summed E-state index contributed by atoms with van der Waals surface area (Å²) in [5.74, 6) is -0.177. The molecule has 2 aromatic rings. The van der Waals surface area contributed by atoms with Crippen LogP contribution in [0.2, 0.25) is 0 Å². The molecule has 2 fully saturated rings. The van der Waals surface area contributed by atoms with Crippen LogP contribution in [0, 0.1) is 11.3 Å². The van der Waals surface area contributed by atoms with Gasteiger partial charge in [-0.3, -0.25) is 0 Å². The summed E-state index contributed by atoms with van der Waals surface area (Å²) in [5, 5.41) is 0. The summed E-state index contributed by atoms with van der Waals surface area (Å²) in [6.45, 7) is 1.84. The average Bonchev–Trinajstić information content (AvgIpc) is 2.80. The van der Waals surface area contributed by atoms with Crippen molar-refractivity contribution in [3.05, 3.63) is 42.2 Å². The lowest BCUT2D eigenvalue weighted by Crippen LogP contribution is -2.53. The number of likely N-dealkylation sites (tertiary alicyclic amines) is 1. The van der Waals surface area contributed by atoms with Crippen molar-refractivity contribution in [3.8, 4) is 17.1 Å². The predicted octanol–water partition coefficient (Wildman–Crippen LogP) is 4.75. The van der Waals surface area contributed by atoms with Gasteiger partial charge in [-0.2, -0.15) is 13.2 Å². The van der Waals surface area contributed by atoms with E-state index >= 15 is 0 Å². The van der Waals surface area contributed by atoms with Crippen LogP contribution < -0.4 is 4.74 Å². The lowest BCUT2D eigenvalue weighted by atomic mass is 9.67. The van der Waals surface area contributed by atoms with E-state index in [1.807, 2.05) is 11.0 Å². The van der Waals surface area contributed by atoms with Crippen LogP contribution in [0.4, 0.5) is 13.2 Å². The summed E-state index contributed by atoms with van der Waals surface area (Å²) >= 11 is 0. The summed E-state index contributed by atoms with van der Waals surface area (Å²) in [7, 11) is 1.33. The molecule has 0 atom stereocenters. The molecule has 0 N–H and O–H groups in total. The highest BCUT2D eigenvalue weighted by Crippen LogP contribution is 2.53. The zero-order chi connectivity index (χ0) is 23.5. The molecule has 1 saturated heterocycles. The highest BCUT2D eigenvalue weighted by molar-refractivity contribution is 5.97. The first-order chi connectivity index (χ1) is 15.8. The van der Waals surface area contributed by atoms with Gasteiger partial charge in [0.25, 0.3) is 0 Å². The Morgan fingerprint density at radius 1 is 1.15 bits per heavy atom. The molecule has 0 spiro atoms. The molecule has 178 valence electrons. The summed E-state index contributed by atoms with van der Waals surface area (Å²) in [6.07, 6.45) is 1.82. The number of nitrogens with zero attached hydrogens (tertiary/aromatic N) is 3. The normalized spacial score (nSPS) is 19.0. The minimum atomic E-state index is -4.12. The molecular weight excluding hydrogens is 435 g/mol. The molecule has 0 amide bonds. The number of carbonyl (C=O) groups excluding carboxylic acids is 1. The minimum Gasteiger partial charge on any atom is -0.465 e. The number of piperidine rings is 1. The fraction of sp³-hybridized carbons (Fsp3) is 0.542. The van der Waals surface area contributed by atoms with Crippen LogP contribution >= 0.6 is 0 Å². The molecule has 1 aliphatic heterocycles. The van der Waals surface area contributed by atoms with Gasteiger partial charge in [-0.1, -0.05) is 24.6 Å². The second-order valence-electron chi connectivity index (χ2n) is 8.95. The Labute approximate surface area is 191 Å². The van der Waals surface area contributed by atoms with E-state index in [0.29, 0.717) is 42.8 Å². The van der Waals surface area contributed by atoms with E-state index in [-0.39, 0.29) is 31.3 Å². The van der Waals surface area contributed by atoms with Crippen LogP contribution in [0.5, 0.6) is 6.01 Å². The number of aromatic nitrogens is 2. The van der Waals surface area contributed by atoms with Crippen LogP contribution in [0.25, 0.3) is 11.1 Å². The maximum Gasteiger partial charge on any atom is 0.395 e. The van der Waals surface area contributed by atoms with Gasteiger partial charge in [0.15, 0.2) is 0 Å². The van der Waals surface area contributed by atoms with E-state index in [1.54, 1.807) is 30.6 Å². The van der Waals surface area contributed by atoms with Crippen molar-refractivity contribution in [1.29, 1.82) is 0 Å². The zero-order valence-corrected chi connectivity index (χ0v) is 18.6. The summed E-state index contributed by atoms with van der Waals surface area (Å²) < 4.78 is 50.9. The van der Waals surface area contributed by atoms with E-state index < -0.39 is 17.6 Å². The van der Waals surface area contributed by atoms with Crippen LogP contribution in [-0.4, -0.2) is 60.4 Å². The van der Waals surface area contributed by atoms with E-state index in [2.05, 4.69) is 9.97 Å². The molecule has 0 radical (unpaired) electrons. The van der Waals surface area contributed by atoms with Gasteiger partial charge in [-0.05, 0) is 56.3 Å². The van der Waals surface area contributed by atoms with Gasteiger partial charge in [-0.15, -0.1) is 0 Å². The third-order valence-electron chi connectivity index (χ3n) is 6.87. The Bertz CT molecular complexity index is 953. The van der Waals surface area contributed by atoms with Gasteiger partial charge < -0.3 is 14.4 Å². The third-order valence-corrected chi connectivity index (χ3v) is 6.87. The molecule has 9 heteroatoms. The molecule has 2 heterocycles. The van der Waals surface area contributed by atoms with E-state index in [9.17, 15) is 18.0 Å². The first-order valence-corrected chi connectivity index (χ1v) is 11.2. The Morgan fingerprint density at radius 3 is 2.39 bits per heavy atom. The third kappa shape index (κ3) is 5.13. The first kappa shape index (κ1) is 23.5. The predicted molar refractivity (Wildman–Crippen MR) is 116 cm³/mol. The van der Waals surface area contributed by atoms with E-state index in [4.69, 9.17) is 9.47 Å². The van der Waals surface area contributed by atoms with Gasteiger partial charge in [0.05, 0.1) is 24.7 Å². The molecule has 1 saturated carbocycles. The molecule has 33 heavy (non-hydrogen) atoms. The maximum absolute atomic E-state index is 13.4. The smallest absolute Gasteiger partial charge is 0.395 e. The number of ether oxygens (including phenoxy) is 2. The fourth-order valence-corrected chi connectivity index (χ4v) is 4.62. The quantitative estimate of drug-likeness (QED) is 0.552. The number of benzene rings is 1. The van der Waals surface area contributed by atoms with E-state index in [0.717, 1.165) is 12.8 Å². The molecule has 1 aromatic carbocycles.